The van der Waals surface area contributed by atoms with Crippen LogP contribution in [-0.2, 0) is 14.3 Å². The minimum Gasteiger partial charge on any atom is -0.464 e. The van der Waals surface area contributed by atoms with Gasteiger partial charge in [-0.3, -0.25) is 4.90 Å². The van der Waals surface area contributed by atoms with Gasteiger partial charge in [0.1, 0.15) is 11.1 Å². The maximum Gasteiger partial charge on any atom is 0.411 e. The molecule has 0 aromatic carbocycles. The van der Waals surface area contributed by atoms with Crippen LogP contribution in [0.15, 0.2) is 0 Å². The molecule has 1 heterocycles. The van der Waals surface area contributed by atoms with Crippen molar-refractivity contribution in [1.29, 1.82) is 0 Å². The minimum atomic E-state index is -0.906. The highest BCUT2D eigenvalue weighted by atomic mass is 16.6. The van der Waals surface area contributed by atoms with Gasteiger partial charge in [-0.2, -0.15) is 0 Å². The van der Waals surface area contributed by atoms with E-state index in [-0.39, 0.29) is 11.9 Å². The smallest absolute Gasteiger partial charge is 0.411 e. The first-order valence-corrected chi connectivity index (χ1v) is 7.83. The van der Waals surface area contributed by atoms with Gasteiger partial charge in [0.25, 0.3) is 0 Å². The third kappa shape index (κ3) is 3.89. The molecule has 1 fully saturated rings. The van der Waals surface area contributed by atoms with E-state index in [1.807, 2.05) is 34.6 Å². The molecule has 1 saturated heterocycles. The standard InChI is InChI=1S/C16H29NO4/c1-7-20-13(18)16(12(2)3)10-8-9-11-17(16)14(19)21-15(4,5)6/h12H,7-11H2,1-6H3/t16-/m0/s1. The molecule has 1 atom stereocenters. The van der Waals surface area contributed by atoms with E-state index in [4.69, 9.17) is 9.47 Å². The van der Waals surface area contributed by atoms with Crippen LogP contribution in [0.5, 0.6) is 0 Å². The minimum absolute atomic E-state index is 0.0237. The normalized spacial score (nSPS) is 23.1. The fraction of sp³-hybridized carbons (Fsp3) is 0.875. The number of rotatable bonds is 3. The van der Waals surface area contributed by atoms with E-state index >= 15 is 0 Å². The molecule has 0 spiro atoms. The molecular weight excluding hydrogens is 270 g/mol. The van der Waals surface area contributed by atoms with Gasteiger partial charge in [0.15, 0.2) is 0 Å². The molecule has 0 N–H and O–H groups in total. The number of piperidine rings is 1. The van der Waals surface area contributed by atoms with Crippen LogP contribution < -0.4 is 0 Å². The van der Waals surface area contributed by atoms with Gasteiger partial charge >= 0.3 is 12.1 Å². The highest BCUT2D eigenvalue weighted by molar-refractivity contribution is 5.86. The Balaban J connectivity index is 3.11. The quantitative estimate of drug-likeness (QED) is 0.750. The summed E-state index contributed by atoms with van der Waals surface area (Å²) in [4.78, 5) is 26.7. The summed E-state index contributed by atoms with van der Waals surface area (Å²) in [7, 11) is 0. The number of nitrogens with zero attached hydrogens (tertiary/aromatic N) is 1. The van der Waals surface area contributed by atoms with E-state index in [0.29, 0.717) is 19.6 Å². The Kier molecular flexibility index (Phi) is 5.65. The lowest BCUT2D eigenvalue weighted by atomic mass is 9.77. The zero-order valence-corrected chi connectivity index (χ0v) is 14.2. The van der Waals surface area contributed by atoms with Gasteiger partial charge in [-0.05, 0) is 52.9 Å². The van der Waals surface area contributed by atoms with Gasteiger partial charge in [-0.1, -0.05) is 13.8 Å². The lowest BCUT2D eigenvalue weighted by Gasteiger charge is -2.47. The van der Waals surface area contributed by atoms with Gasteiger partial charge in [-0.25, -0.2) is 9.59 Å². The summed E-state index contributed by atoms with van der Waals surface area (Å²) in [6.45, 7) is 12.0. The second-order valence-electron chi connectivity index (χ2n) is 6.89. The molecule has 0 aromatic rings. The van der Waals surface area contributed by atoms with Crippen molar-refractivity contribution in [2.75, 3.05) is 13.2 Å². The zero-order valence-electron chi connectivity index (χ0n) is 14.2. The molecule has 5 nitrogen and oxygen atoms in total. The third-order valence-electron chi connectivity index (χ3n) is 3.87. The van der Waals surface area contributed by atoms with Crippen LogP contribution in [0.1, 0.15) is 60.8 Å². The summed E-state index contributed by atoms with van der Waals surface area (Å²) in [5.74, 6) is -0.338. The average molecular weight is 299 g/mol. The Labute approximate surface area is 128 Å². The van der Waals surface area contributed by atoms with Crippen molar-refractivity contribution >= 4 is 12.1 Å². The monoisotopic (exact) mass is 299 g/mol. The number of likely N-dealkylation sites (tertiary alicyclic amines) is 1. The fourth-order valence-electron chi connectivity index (χ4n) is 2.87. The molecular formula is C16H29NO4. The van der Waals surface area contributed by atoms with Gasteiger partial charge in [0, 0.05) is 6.54 Å². The zero-order chi connectivity index (χ0) is 16.3. The predicted molar refractivity (Wildman–Crippen MR) is 81.0 cm³/mol. The number of esters is 1. The van der Waals surface area contributed by atoms with Gasteiger partial charge in [0.05, 0.1) is 6.61 Å². The lowest BCUT2D eigenvalue weighted by Crippen LogP contribution is -2.63. The van der Waals surface area contributed by atoms with E-state index in [2.05, 4.69) is 0 Å². The second kappa shape index (κ2) is 6.67. The SMILES string of the molecule is CCOC(=O)[C@@]1(C(C)C)CCCCN1C(=O)OC(C)(C)C. The van der Waals surface area contributed by atoms with Crippen molar-refractivity contribution in [3.05, 3.63) is 0 Å². The van der Waals surface area contributed by atoms with Crippen molar-refractivity contribution in [1.82, 2.24) is 4.90 Å². The van der Waals surface area contributed by atoms with Crippen LogP contribution in [0.3, 0.4) is 0 Å². The molecule has 1 amide bonds. The summed E-state index contributed by atoms with van der Waals surface area (Å²) in [5, 5.41) is 0. The summed E-state index contributed by atoms with van der Waals surface area (Å²) in [6, 6.07) is 0. The van der Waals surface area contributed by atoms with Crippen LogP contribution in [0.2, 0.25) is 0 Å². The molecule has 5 heteroatoms. The van der Waals surface area contributed by atoms with E-state index in [1.165, 1.54) is 0 Å². The summed E-state index contributed by atoms with van der Waals surface area (Å²) in [5.41, 5.74) is -1.48. The van der Waals surface area contributed by atoms with Crippen molar-refractivity contribution in [2.24, 2.45) is 5.92 Å². The molecule has 1 aliphatic heterocycles. The topological polar surface area (TPSA) is 55.8 Å². The molecule has 0 unspecified atom stereocenters. The number of amides is 1. The van der Waals surface area contributed by atoms with E-state index in [9.17, 15) is 9.59 Å². The molecule has 0 bridgehead atoms. The summed E-state index contributed by atoms with van der Waals surface area (Å²) >= 11 is 0. The van der Waals surface area contributed by atoms with Crippen LogP contribution in [0.4, 0.5) is 4.79 Å². The Hall–Kier alpha value is -1.26. The van der Waals surface area contributed by atoms with Crippen LogP contribution in [-0.4, -0.2) is 41.3 Å². The summed E-state index contributed by atoms with van der Waals surface area (Å²) < 4.78 is 10.8. The average Bonchev–Trinajstić information content (AvgIpc) is 2.36. The van der Waals surface area contributed by atoms with E-state index < -0.39 is 17.2 Å². The molecule has 21 heavy (non-hydrogen) atoms. The molecule has 0 saturated carbocycles. The molecule has 0 aromatic heterocycles. The van der Waals surface area contributed by atoms with Crippen LogP contribution in [0, 0.1) is 5.92 Å². The van der Waals surface area contributed by atoms with E-state index in [1.54, 1.807) is 11.8 Å². The Bertz CT molecular complexity index is 386. The lowest BCUT2D eigenvalue weighted by molar-refractivity contribution is -0.164. The molecule has 1 rings (SSSR count). The van der Waals surface area contributed by atoms with E-state index in [0.717, 1.165) is 12.8 Å². The fourth-order valence-corrected chi connectivity index (χ4v) is 2.87. The molecule has 1 aliphatic rings. The van der Waals surface area contributed by atoms with Crippen LogP contribution in [0.25, 0.3) is 0 Å². The first-order chi connectivity index (χ1) is 9.65. The number of ether oxygens (including phenoxy) is 2. The predicted octanol–water partition coefficient (Wildman–Crippen LogP) is 3.37. The third-order valence-corrected chi connectivity index (χ3v) is 3.87. The Morgan fingerprint density at radius 3 is 2.33 bits per heavy atom. The maximum atomic E-state index is 12.6. The highest BCUT2D eigenvalue weighted by Gasteiger charge is 2.52. The van der Waals surface area contributed by atoms with Crippen molar-refractivity contribution < 1.29 is 19.1 Å². The number of hydrogen-bond donors (Lipinski definition) is 0. The highest BCUT2D eigenvalue weighted by Crippen LogP contribution is 2.37. The van der Waals surface area contributed by atoms with Gasteiger partial charge in [-0.15, -0.1) is 0 Å². The Morgan fingerprint density at radius 1 is 1.24 bits per heavy atom. The van der Waals surface area contributed by atoms with Crippen molar-refractivity contribution in [2.45, 2.75) is 71.9 Å². The molecule has 122 valence electrons. The number of carbonyl (C=O) groups excluding carboxylic acids is 2. The number of hydrogen-bond acceptors (Lipinski definition) is 4. The van der Waals surface area contributed by atoms with Gasteiger partial charge in [0.2, 0.25) is 0 Å². The summed E-state index contributed by atoms with van der Waals surface area (Å²) in [6.07, 6.45) is 2.00. The second-order valence-corrected chi connectivity index (χ2v) is 6.89. The molecule has 0 aliphatic carbocycles. The van der Waals surface area contributed by atoms with Gasteiger partial charge < -0.3 is 9.47 Å². The number of carbonyl (C=O) groups is 2. The largest absolute Gasteiger partial charge is 0.464 e. The first kappa shape index (κ1) is 17.8. The van der Waals surface area contributed by atoms with Crippen molar-refractivity contribution in [3.63, 3.8) is 0 Å². The maximum absolute atomic E-state index is 12.6. The van der Waals surface area contributed by atoms with Crippen molar-refractivity contribution in [3.8, 4) is 0 Å². The molecule has 0 radical (unpaired) electrons. The Morgan fingerprint density at radius 2 is 1.86 bits per heavy atom. The van der Waals surface area contributed by atoms with Crippen LogP contribution >= 0.6 is 0 Å². The first-order valence-electron chi connectivity index (χ1n) is 7.83.